The van der Waals surface area contributed by atoms with Gasteiger partial charge in [-0.3, -0.25) is 0 Å². The molecule has 276 valence electrons. The third kappa shape index (κ3) is 5.92. The van der Waals surface area contributed by atoms with Gasteiger partial charge < -0.3 is 4.57 Å². The Morgan fingerprint density at radius 3 is 2.00 bits per heavy atom. The molecule has 1 aliphatic rings. The van der Waals surface area contributed by atoms with Crippen LogP contribution in [0.15, 0.2) is 182 Å². The van der Waals surface area contributed by atoms with E-state index in [1.807, 2.05) is 0 Å². The Bertz CT molecular complexity index is 2960. The van der Waals surface area contributed by atoms with Crippen molar-refractivity contribution in [3.05, 3.63) is 210 Å². The number of para-hydroxylation sites is 1. The van der Waals surface area contributed by atoms with Crippen molar-refractivity contribution in [2.75, 3.05) is 0 Å². The second-order valence-corrected chi connectivity index (χ2v) is 16.5. The second-order valence-electron chi connectivity index (χ2n) is 16.5. The normalized spacial score (nSPS) is 13.5. The summed E-state index contributed by atoms with van der Waals surface area (Å²) >= 11 is 0. The summed E-state index contributed by atoms with van der Waals surface area (Å²) in [6.07, 6.45) is 2.07. The highest BCUT2D eigenvalue weighted by Gasteiger charge is 2.35. The van der Waals surface area contributed by atoms with Gasteiger partial charge in [-0.2, -0.15) is 0 Å². The van der Waals surface area contributed by atoms with Crippen molar-refractivity contribution < 1.29 is 0 Å². The first-order valence-corrected chi connectivity index (χ1v) is 20.5. The Balaban J connectivity index is 1.02. The van der Waals surface area contributed by atoms with E-state index in [2.05, 4.69) is 214 Å². The molecule has 0 saturated carbocycles. The molecule has 1 atom stereocenters. The number of hydrogen-bond acceptors (Lipinski definition) is 0. The standard InChI is InChI=1S/C56H47N/c1-5-38(40-19-15-20-41(33-40)39-16-7-6-8-17-39)32-44-18-9-10-21-46(44)50-34-42(27-26-37(50)2)43-28-31-55-51(35-43)49-23-12-14-25-54(49)57(55)45-29-30-48-47-22-11-13-24-52(47)56(3,4)53(48)36-45/h6-31,33-36,38H,5,32H2,1-4H3. The summed E-state index contributed by atoms with van der Waals surface area (Å²) in [6.45, 7) is 9.30. The molecule has 0 fully saturated rings. The Morgan fingerprint density at radius 1 is 0.474 bits per heavy atom. The number of nitrogens with zero attached hydrogens (tertiary/aromatic N) is 1. The van der Waals surface area contributed by atoms with Crippen molar-refractivity contribution in [2.45, 2.75) is 51.9 Å². The lowest BCUT2D eigenvalue weighted by Crippen LogP contribution is -2.15. The lowest BCUT2D eigenvalue weighted by molar-refractivity contribution is 0.660. The number of aromatic nitrogens is 1. The van der Waals surface area contributed by atoms with Crippen molar-refractivity contribution in [2.24, 2.45) is 0 Å². The minimum Gasteiger partial charge on any atom is -0.309 e. The van der Waals surface area contributed by atoms with E-state index in [-0.39, 0.29) is 5.41 Å². The average molecular weight is 734 g/mol. The third-order valence-corrected chi connectivity index (χ3v) is 12.8. The second kappa shape index (κ2) is 13.9. The molecule has 0 spiro atoms. The van der Waals surface area contributed by atoms with Gasteiger partial charge >= 0.3 is 0 Å². The lowest BCUT2D eigenvalue weighted by Gasteiger charge is -2.22. The van der Waals surface area contributed by atoms with Gasteiger partial charge in [-0.1, -0.05) is 166 Å². The molecule has 0 aliphatic heterocycles. The zero-order chi connectivity index (χ0) is 38.7. The summed E-state index contributed by atoms with van der Waals surface area (Å²) in [6, 6.07) is 67.9. The molecule has 1 nitrogen and oxygen atoms in total. The first-order valence-electron chi connectivity index (χ1n) is 20.5. The number of fused-ring (bicyclic) bond motifs is 6. The predicted octanol–water partition coefficient (Wildman–Crippen LogP) is 15.1. The van der Waals surface area contributed by atoms with Crippen molar-refractivity contribution in [3.63, 3.8) is 0 Å². The summed E-state index contributed by atoms with van der Waals surface area (Å²) < 4.78 is 2.46. The van der Waals surface area contributed by atoms with Crippen molar-refractivity contribution in [1.29, 1.82) is 0 Å². The Morgan fingerprint density at radius 2 is 1.14 bits per heavy atom. The maximum atomic E-state index is 2.46. The van der Waals surface area contributed by atoms with Gasteiger partial charge in [0.15, 0.2) is 0 Å². The first kappa shape index (κ1) is 35.0. The molecule has 1 aromatic heterocycles. The molecule has 0 saturated heterocycles. The molecule has 0 amide bonds. The monoisotopic (exact) mass is 733 g/mol. The van der Waals surface area contributed by atoms with Gasteiger partial charge in [0.05, 0.1) is 11.0 Å². The third-order valence-electron chi connectivity index (χ3n) is 12.8. The number of benzene rings is 8. The molecule has 8 aromatic carbocycles. The van der Waals surface area contributed by atoms with Crippen molar-refractivity contribution in [1.82, 2.24) is 4.57 Å². The van der Waals surface area contributed by atoms with E-state index in [1.54, 1.807) is 0 Å². The van der Waals surface area contributed by atoms with E-state index >= 15 is 0 Å². The van der Waals surface area contributed by atoms with Crippen molar-refractivity contribution >= 4 is 21.8 Å². The molecule has 0 bridgehead atoms. The molecule has 1 aliphatic carbocycles. The van der Waals surface area contributed by atoms with Crippen LogP contribution in [0.25, 0.3) is 72.0 Å². The maximum absolute atomic E-state index is 2.46. The van der Waals surface area contributed by atoms with Gasteiger partial charge in [0.1, 0.15) is 0 Å². The smallest absolute Gasteiger partial charge is 0.0541 e. The van der Waals surface area contributed by atoms with Crippen LogP contribution in [0.2, 0.25) is 0 Å². The zero-order valence-electron chi connectivity index (χ0n) is 33.3. The van der Waals surface area contributed by atoms with Gasteiger partial charge in [-0.05, 0) is 134 Å². The molecular formula is C56H47N. The summed E-state index contributed by atoms with van der Waals surface area (Å²) in [4.78, 5) is 0. The van der Waals surface area contributed by atoms with Crippen LogP contribution in [0.4, 0.5) is 0 Å². The first-order chi connectivity index (χ1) is 27.9. The fourth-order valence-electron chi connectivity index (χ4n) is 9.68. The lowest BCUT2D eigenvalue weighted by atomic mass is 9.82. The Hall–Kier alpha value is -6.44. The predicted molar refractivity (Wildman–Crippen MR) is 243 cm³/mol. The largest absolute Gasteiger partial charge is 0.309 e. The summed E-state index contributed by atoms with van der Waals surface area (Å²) in [5.74, 6) is 0.421. The molecule has 1 heteroatoms. The topological polar surface area (TPSA) is 4.93 Å². The highest BCUT2D eigenvalue weighted by Crippen LogP contribution is 2.49. The van der Waals surface area contributed by atoms with E-state index in [0.717, 1.165) is 12.8 Å². The van der Waals surface area contributed by atoms with Crippen molar-refractivity contribution in [3.8, 4) is 50.2 Å². The Kier molecular flexibility index (Phi) is 8.56. The van der Waals surface area contributed by atoms with Crippen LogP contribution >= 0.6 is 0 Å². The highest BCUT2D eigenvalue weighted by atomic mass is 15.0. The summed E-state index contributed by atoms with van der Waals surface area (Å²) in [5, 5.41) is 2.55. The molecule has 10 rings (SSSR count). The van der Waals surface area contributed by atoms with E-state index < -0.39 is 0 Å². The molecule has 0 N–H and O–H groups in total. The van der Waals surface area contributed by atoms with Gasteiger partial charge in [0.2, 0.25) is 0 Å². The summed E-state index contributed by atoms with van der Waals surface area (Å²) in [5.41, 5.74) is 20.9. The van der Waals surface area contributed by atoms with Crippen LogP contribution in [0.3, 0.4) is 0 Å². The fraction of sp³-hybridized carbons (Fsp3) is 0.143. The molecular weight excluding hydrogens is 687 g/mol. The van der Waals surface area contributed by atoms with E-state index in [9.17, 15) is 0 Å². The number of hydrogen-bond donors (Lipinski definition) is 0. The highest BCUT2D eigenvalue weighted by molar-refractivity contribution is 6.10. The average Bonchev–Trinajstić information content (AvgIpc) is 3.71. The minimum absolute atomic E-state index is 0.0550. The van der Waals surface area contributed by atoms with Crippen LogP contribution in [-0.2, 0) is 11.8 Å². The van der Waals surface area contributed by atoms with Gasteiger partial charge in [-0.15, -0.1) is 0 Å². The van der Waals surface area contributed by atoms with Crippen LogP contribution in [0, 0.1) is 6.92 Å². The molecule has 1 unspecified atom stereocenters. The maximum Gasteiger partial charge on any atom is 0.0541 e. The van der Waals surface area contributed by atoms with E-state index in [4.69, 9.17) is 0 Å². The molecule has 1 heterocycles. The van der Waals surface area contributed by atoms with Gasteiger partial charge in [0.25, 0.3) is 0 Å². The fourth-order valence-corrected chi connectivity index (χ4v) is 9.68. The van der Waals surface area contributed by atoms with E-state index in [1.165, 1.54) is 99.8 Å². The summed E-state index contributed by atoms with van der Waals surface area (Å²) in [7, 11) is 0. The zero-order valence-corrected chi connectivity index (χ0v) is 33.3. The van der Waals surface area contributed by atoms with Gasteiger partial charge in [-0.25, -0.2) is 0 Å². The minimum atomic E-state index is -0.0550. The van der Waals surface area contributed by atoms with Gasteiger partial charge in [0, 0.05) is 21.9 Å². The quantitative estimate of drug-likeness (QED) is 0.147. The Labute approximate surface area is 336 Å². The van der Waals surface area contributed by atoms with Crippen LogP contribution in [0.5, 0.6) is 0 Å². The van der Waals surface area contributed by atoms with Crippen LogP contribution in [0.1, 0.15) is 60.9 Å². The number of aryl methyl sites for hydroxylation is 1. The van der Waals surface area contributed by atoms with E-state index in [0.29, 0.717) is 5.92 Å². The van der Waals surface area contributed by atoms with Crippen LogP contribution < -0.4 is 0 Å². The van der Waals surface area contributed by atoms with Crippen LogP contribution in [-0.4, -0.2) is 4.57 Å². The number of rotatable bonds is 8. The molecule has 57 heavy (non-hydrogen) atoms. The molecule has 0 radical (unpaired) electrons. The SMILES string of the molecule is CCC(Cc1ccccc1-c1cc(-c2ccc3c(c2)c2ccccc2n3-c2ccc3c(c2)C(C)(C)c2ccccc2-3)ccc1C)c1cccc(-c2ccccc2)c1. The molecule has 9 aromatic rings.